The Kier molecular flexibility index (Phi) is 7.17. The van der Waals surface area contributed by atoms with Gasteiger partial charge in [0.1, 0.15) is 0 Å². The van der Waals surface area contributed by atoms with E-state index in [4.69, 9.17) is 0 Å². The maximum atomic E-state index is 12.4. The molecular formula is C23H37N3O. The Hall–Kier alpha value is -1.55. The van der Waals surface area contributed by atoms with Gasteiger partial charge in [0.05, 0.1) is 0 Å². The van der Waals surface area contributed by atoms with E-state index in [9.17, 15) is 4.79 Å². The Morgan fingerprint density at radius 1 is 1.19 bits per heavy atom. The van der Waals surface area contributed by atoms with E-state index in [1.54, 1.807) is 0 Å². The second kappa shape index (κ2) is 9.59. The summed E-state index contributed by atoms with van der Waals surface area (Å²) in [6.07, 6.45) is 8.93. The molecule has 0 spiro atoms. The van der Waals surface area contributed by atoms with Crippen molar-refractivity contribution in [3.8, 4) is 0 Å². The molecule has 0 radical (unpaired) electrons. The fourth-order valence-electron chi connectivity index (χ4n) is 4.68. The molecule has 2 atom stereocenters. The molecular weight excluding hydrogens is 334 g/mol. The van der Waals surface area contributed by atoms with Gasteiger partial charge in [0, 0.05) is 25.7 Å². The van der Waals surface area contributed by atoms with Gasteiger partial charge in [0.2, 0.25) is 0 Å². The molecule has 1 saturated carbocycles. The van der Waals surface area contributed by atoms with Crippen molar-refractivity contribution in [3.05, 3.63) is 35.9 Å². The van der Waals surface area contributed by atoms with Crippen molar-refractivity contribution in [2.24, 2.45) is 11.3 Å². The van der Waals surface area contributed by atoms with E-state index in [1.807, 2.05) is 0 Å². The van der Waals surface area contributed by atoms with Gasteiger partial charge in [0.15, 0.2) is 0 Å². The van der Waals surface area contributed by atoms with Crippen molar-refractivity contribution in [2.45, 2.75) is 71.4 Å². The second-order valence-electron chi connectivity index (χ2n) is 9.11. The van der Waals surface area contributed by atoms with Crippen LogP contribution in [0.25, 0.3) is 0 Å². The van der Waals surface area contributed by atoms with Crippen LogP contribution in [0, 0.1) is 11.3 Å². The SMILES string of the molecule is CC(NC(=O)NCC1(C)CCCCCC1)C1CCN(Cc2ccccc2)C1. The Morgan fingerprint density at radius 2 is 1.89 bits per heavy atom. The van der Waals surface area contributed by atoms with E-state index in [0.29, 0.717) is 5.92 Å². The van der Waals surface area contributed by atoms with Gasteiger partial charge in [-0.3, -0.25) is 4.90 Å². The fourth-order valence-corrected chi connectivity index (χ4v) is 4.68. The first-order chi connectivity index (χ1) is 13.0. The van der Waals surface area contributed by atoms with Crippen LogP contribution in [0.15, 0.2) is 30.3 Å². The molecule has 2 fully saturated rings. The molecule has 0 aromatic heterocycles. The first-order valence-electron chi connectivity index (χ1n) is 10.8. The minimum Gasteiger partial charge on any atom is -0.338 e. The van der Waals surface area contributed by atoms with Crippen LogP contribution in [0.3, 0.4) is 0 Å². The molecule has 1 aliphatic heterocycles. The topological polar surface area (TPSA) is 44.4 Å². The van der Waals surface area contributed by atoms with Gasteiger partial charge in [-0.1, -0.05) is 62.9 Å². The van der Waals surface area contributed by atoms with Crippen molar-refractivity contribution in [1.82, 2.24) is 15.5 Å². The van der Waals surface area contributed by atoms with Crippen LogP contribution >= 0.6 is 0 Å². The standard InChI is InChI=1S/C23H37N3O/c1-19(21-12-15-26(17-21)16-20-10-6-5-7-11-20)25-22(27)24-18-23(2)13-8-3-4-9-14-23/h5-7,10-11,19,21H,3-4,8-9,12-18H2,1-2H3,(H2,24,25,27). The van der Waals surface area contributed by atoms with Crippen LogP contribution in [0.1, 0.15) is 64.4 Å². The smallest absolute Gasteiger partial charge is 0.315 e. The summed E-state index contributed by atoms with van der Waals surface area (Å²) in [7, 11) is 0. The van der Waals surface area contributed by atoms with E-state index in [0.717, 1.165) is 32.6 Å². The Morgan fingerprint density at radius 3 is 2.59 bits per heavy atom. The van der Waals surface area contributed by atoms with Crippen LogP contribution in [0.4, 0.5) is 4.79 Å². The van der Waals surface area contributed by atoms with Gasteiger partial charge in [-0.15, -0.1) is 0 Å². The van der Waals surface area contributed by atoms with Crippen LogP contribution in [0.5, 0.6) is 0 Å². The normalized spacial score (nSPS) is 24.1. The van der Waals surface area contributed by atoms with E-state index < -0.39 is 0 Å². The fraction of sp³-hybridized carbons (Fsp3) is 0.696. The molecule has 27 heavy (non-hydrogen) atoms. The monoisotopic (exact) mass is 371 g/mol. The molecule has 4 nitrogen and oxygen atoms in total. The lowest BCUT2D eigenvalue weighted by atomic mass is 9.82. The molecule has 1 aromatic carbocycles. The van der Waals surface area contributed by atoms with Gasteiger partial charge >= 0.3 is 6.03 Å². The molecule has 1 saturated heterocycles. The number of benzene rings is 1. The first kappa shape index (κ1) is 20.2. The largest absolute Gasteiger partial charge is 0.338 e. The quantitative estimate of drug-likeness (QED) is 0.720. The van der Waals surface area contributed by atoms with E-state index >= 15 is 0 Å². The zero-order valence-corrected chi connectivity index (χ0v) is 17.2. The number of hydrogen-bond donors (Lipinski definition) is 2. The summed E-state index contributed by atoms with van der Waals surface area (Å²) in [4.78, 5) is 14.9. The summed E-state index contributed by atoms with van der Waals surface area (Å²) in [6.45, 7) is 8.48. The molecule has 2 aliphatic rings. The Labute approximate surface area is 165 Å². The van der Waals surface area contributed by atoms with Gasteiger partial charge in [0.25, 0.3) is 0 Å². The zero-order valence-electron chi connectivity index (χ0n) is 17.2. The lowest BCUT2D eigenvalue weighted by Gasteiger charge is -2.29. The van der Waals surface area contributed by atoms with Crippen LogP contribution in [-0.2, 0) is 6.54 Å². The lowest BCUT2D eigenvalue weighted by Crippen LogP contribution is -2.47. The number of likely N-dealkylation sites (tertiary alicyclic amines) is 1. The highest BCUT2D eigenvalue weighted by Gasteiger charge is 2.29. The second-order valence-corrected chi connectivity index (χ2v) is 9.11. The third-order valence-corrected chi connectivity index (χ3v) is 6.61. The number of amides is 2. The van der Waals surface area contributed by atoms with Gasteiger partial charge in [-0.05, 0) is 49.6 Å². The summed E-state index contributed by atoms with van der Waals surface area (Å²) < 4.78 is 0. The van der Waals surface area contributed by atoms with Crippen LogP contribution < -0.4 is 10.6 Å². The summed E-state index contributed by atoms with van der Waals surface area (Å²) >= 11 is 0. The average molecular weight is 372 g/mol. The number of urea groups is 1. The van der Waals surface area contributed by atoms with Crippen molar-refractivity contribution in [2.75, 3.05) is 19.6 Å². The molecule has 4 heteroatoms. The number of rotatable bonds is 6. The van der Waals surface area contributed by atoms with Crippen LogP contribution in [0.2, 0.25) is 0 Å². The molecule has 2 unspecified atom stereocenters. The van der Waals surface area contributed by atoms with E-state index in [-0.39, 0.29) is 17.5 Å². The minimum absolute atomic E-state index is 0.00878. The molecule has 1 aliphatic carbocycles. The highest BCUT2D eigenvalue weighted by Crippen LogP contribution is 2.33. The molecule has 1 heterocycles. The van der Waals surface area contributed by atoms with Gasteiger partial charge in [-0.25, -0.2) is 4.79 Å². The minimum atomic E-state index is 0.00878. The van der Waals surface area contributed by atoms with E-state index in [1.165, 1.54) is 44.1 Å². The number of nitrogens with one attached hydrogen (secondary N) is 2. The van der Waals surface area contributed by atoms with E-state index in [2.05, 4.69) is 59.7 Å². The summed E-state index contributed by atoms with van der Waals surface area (Å²) in [5, 5.41) is 6.36. The molecule has 0 bridgehead atoms. The Bertz CT molecular complexity index is 581. The van der Waals surface area contributed by atoms with Crippen molar-refractivity contribution in [3.63, 3.8) is 0 Å². The third-order valence-electron chi connectivity index (χ3n) is 6.61. The average Bonchev–Trinajstić information content (AvgIpc) is 3.02. The highest BCUT2D eigenvalue weighted by molar-refractivity contribution is 5.74. The first-order valence-corrected chi connectivity index (χ1v) is 10.8. The maximum absolute atomic E-state index is 12.4. The number of nitrogens with zero attached hydrogens (tertiary/aromatic N) is 1. The zero-order chi connectivity index (χ0) is 19.1. The predicted octanol–water partition coefficient (Wildman–Crippen LogP) is 4.56. The number of carbonyl (C=O) groups excluding carboxylic acids is 1. The summed E-state index contributed by atoms with van der Waals surface area (Å²) in [6, 6.07) is 10.9. The van der Waals surface area contributed by atoms with Crippen molar-refractivity contribution >= 4 is 6.03 Å². The van der Waals surface area contributed by atoms with Gasteiger partial charge in [-0.2, -0.15) is 0 Å². The van der Waals surface area contributed by atoms with Crippen molar-refractivity contribution < 1.29 is 4.79 Å². The molecule has 2 N–H and O–H groups in total. The molecule has 150 valence electrons. The highest BCUT2D eigenvalue weighted by atomic mass is 16.2. The summed E-state index contributed by atoms with van der Waals surface area (Å²) in [5.41, 5.74) is 1.64. The number of carbonyl (C=O) groups is 1. The number of hydrogen-bond acceptors (Lipinski definition) is 2. The van der Waals surface area contributed by atoms with Gasteiger partial charge < -0.3 is 10.6 Å². The Balaban J connectivity index is 1.39. The summed E-state index contributed by atoms with van der Waals surface area (Å²) in [5.74, 6) is 0.535. The maximum Gasteiger partial charge on any atom is 0.315 e. The molecule has 1 aromatic rings. The van der Waals surface area contributed by atoms with Crippen LogP contribution in [-0.4, -0.2) is 36.6 Å². The third kappa shape index (κ3) is 6.24. The van der Waals surface area contributed by atoms with Crippen molar-refractivity contribution in [1.29, 1.82) is 0 Å². The molecule has 3 rings (SSSR count). The lowest BCUT2D eigenvalue weighted by molar-refractivity contribution is 0.216. The predicted molar refractivity (Wildman–Crippen MR) is 112 cm³/mol. The molecule has 2 amide bonds.